The molecule has 1 aromatic carbocycles. The Bertz CT molecular complexity index is 694. The van der Waals surface area contributed by atoms with Crippen LogP contribution >= 0.6 is 11.3 Å². The maximum Gasteiger partial charge on any atom is 0.243 e. The summed E-state index contributed by atoms with van der Waals surface area (Å²) in [5, 5.41) is 5.02. The summed E-state index contributed by atoms with van der Waals surface area (Å²) in [6.07, 6.45) is 0. The van der Waals surface area contributed by atoms with Crippen LogP contribution in [0.3, 0.4) is 0 Å². The zero-order valence-corrected chi connectivity index (χ0v) is 14.1. The van der Waals surface area contributed by atoms with Gasteiger partial charge in [-0.3, -0.25) is 0 Å². The molecule has 0 radical (unpaired) electrons. The van der Waals surface area contributed by atoms with E-state index in [-0.39, 0.29) is 0 Å². The maximum atomic E-state index is 12.7. The molecule has 0 saturated heterocycles. The Kier molecular flexibility index (Phi) is 5.16. The molecule has 0 aliphatic rings. The van der Waals surface area contributed by atoms with Gasteiger partial charge >= 0.3 is 0 Å². The number of thiophene rings is 1. The average Bonchev–Trinajstić information content (AvgIpc) is 2.94. The largest absolute Gasteiger partial charge is 0.316 e. The number of hydrogen-bond acceptors (Lipinski definition) is 4. The van der Waals surface area contributed by atoms with Gasteiger partial charge in [0.2, 0.25) is 10.0 Å². The number of hydrogen-bond donors (Lipinski definition) is 1. The zero-order valence-electron chi connectivity index (χ0n) is 12.5. The summed E-state index contributed by atoms with van der Waals surface area (Å²) in [7, 11) is 0.000636. The molecule has 0 spiro atoms. The first-order chi connectivity index (χ1) is 9.96. The third kappa shape index (κ3) is 3.52. The predicted molar refractivity (Wildman–Crippen MR) is 86.9 cm³/mol. The van der Waals surface area contributed by atoms with Crippen molar-refractivity contribution in [2.75, 3.05) is 14.1 Å². The molecule has 1 N–H and O–H groups in total. The third-order valence-electron chi connectivity index (χ3n) is 3.41. The minimum Gasteiger partial charge on any atom is -0.316 e. The third-order valence-corrected chi connectivity index (χ3v) is 6.22. The van der Waals surface area contributed by atoms with Crippen LogP contribution in [-0.4, -0.2) is 26.8 Å². The molecule has 0 aliphatic heterocycles. The van der Waals surface area contributed by atoms with Crippen LogP contribution in [0.5, 0.6) is 0 Å². The first-order valence-electron chi connectivity index (χ1n) is 6.68. The molecule has 0 bridgehead atoms. The van der Waals surface area contributed by atoms with Gasteiger partial charge in [0, 0.05) is 25.0 Å². The van der Waals surface area contributed by atoms with E-state index in [1.54, 1.807) is 30.5 Å². The highest BCUT2D eigenvalue weighted by Crippen LogP contribution is 2.24. The van der Waals surface area contributed by atoms with E-state index in [4.69, 9.17) is 0 Å². The van der Waals surface area contributed by atoms with Crippen molar-refractivity contribution < 1.29 is 8.42 Å². The Morgan fingerprint density at radius 1 is 1.24 bits per heavy atom. The van der Waals surface area contributed by atoms with Crippen molar-refractivity contribution in [3.05, 3.63) is 51.7 Å². The van der Waals surface area contributed by atoms with Crippen LogP contribution in [0.4, 0.5) is 0 Å². The van der Waals surface area contributed by atoms with Crippen LogP contribution in [0.25, 0.3) is 0 Å². The van der Waals surface area contributed by atoms with Crippen molar-refractivity contribution in [3.63, 3.8) is 0 Å². The quantitative estimate of drug-likeness (QED) is 0.888. The van der Waals surface area contributed by atoms with Crippen molar-refractivity contribution in [3.8, 4) is 0 Å². The van der Waals surface area contributed by atoms with E-state index in [1.165, 1.54) is 4.31 Å². The van der Waals surface area contributed by atoms with Gasteiger partial charge in [-0.15, -0.1) is 11.3 Å². The lowest BCUT2D eigenvalue weighted by Gasteiger charge is -2.19. The number of benzene rings is 1. The van der Waals surface area contributed by atoms with E-state index in [9.17, 15) is 8.42 Å². The number of nitrogens with one attached hydrogen (secondary N) is 1. The second-order valence-electron chi connectivity index (χ2n) is 4.91. The Hall–Kier alpha value is -1.21. The van der Waals surface area contributed by atoms with Crippen LogP contribution in [0.15, 0.2) is 40.6 Å². The fourth-order valence-electron chi connectivity index (χ4n) is 2.20. The smallest absolute Gasteiger partial charge is 0.243 e. The fourth-order valence-corrected chi connectivity index (χ4v) is 4.45. The van der Waals surface area contributed by atoms with E-state index in [2.05, 4.69) is 5.32 Å². The number of rotatable bonds is 6. The lowest BCUT2D eigenvalue weighted by atomic mass is 10.1. The van der Waals surface area contributed by atoms with Gasteiger partial charge in [-0.1, -0.05) is 18.2 Å². The second-order valence-corrected chi connectivity index (χ2v) is 7.96. The first kappa shape index (κ1) is 16.2. The molecule has 2 rings (SSSR count). The highest BCUT2D eigenvalue weighted by Gasteiger charge is 2.23. The molecule has 6 heteroatoms. The molecule has 0 aliphatic carbocycles. The Morgan fingerprint density at radius 2 is 2.00 bits per heavy atom. The van der Waals surface area contributed by atoms with Gasteiger partial charge in [-0.05, 0) is 42.6 Å². The van der Waals surface area contributed by atoms with Crippen LogP contribution < -0.4 is 5.32 Å². The molecule has 4 nitrogen and oxygen atoms in total. The molecule has 0 amide bonds. The summed E-state index contributed by atoms with van der Waals surface area (Å²) in [5.74, 6) is 0. The van der Waals surface area contributed by atoms with Gasteiger partial charge in [0.1, 0.15) is 0 Å². The molecule has 2 aromatic rings. The van der Waals surface area contributed by atoms with E-state index in [1.807, 2.05) is 37.6 Å². The van der Waals surface area contributed by atoms with Gasteiger partial charge < -0.3 is 5.32 Å². The molecule has 1 aromatic heterocycles. The molecule has 1 heterocycles. The maximum absolute atomic E-state index is 12.7. The van der Waals surface area contributed by atoms with Crippen molar-refractivity contribution in [1.82, 2.24) is 9.62 Å². The summed E-state index contributed by atoms with van der Waals surface area (Å²) in [5.41, 5.74) is 1.81. The van der Waals surface area contributed by atoms with Gasteiger partial charge in [-0.2, -0.15) is 4.31 Å². The van der Waals surface area contributed by atoms with Gasteiger partial charge in [-0.25, -0.2) is 8.42 Å². The molecule has 21 heavy (non-hydrogen) atoms. The minimum atomic E-state index is -3.47. The zero-order chi connectivity index (χ0) is 15.5. The molecular weight excluding hydrogens is 304 g/mol. The van der Waals surface area contributed by atoms with Crippen LogP contribution in [0.2, 0.25) is 0 Å². The van der Waals surface area contributed by atoms with Crippen LogP contribution in [0.1, 0.15) is 16.0 Å². The van der Waals surface area contributed by atoms with Crippen molar-refractivity contribution >= 4 is 21.4 Å². The first-order valence-corrected chi connectivity index (χ1v) is 9.00. The van der Waals surface area contributed by atoms with E-state index >= 15 is 0 Å². The predicted octanol–water partition coefficient (Wildman–Crippen LogP) is 2.60. The molecule has 114 valence electrons. The van der Waals surface area contributed by atoms with Crippen LogP contribution in [-0.2, 0) is 23.1 Å². The molecular formula is C15H20N2O2S2. The fraction of sp³-hybridized carbons (Fsp3) is 0.333. The highest BCUT2D eigenvalue weighted by atomic mass is 32.2. The van der Waals surface area contributed by atoms with E-state index < -0.39 is 10.0 Å². The lowest BCUT2D eigenvalue weighted by molar-refractivity contribution is 0.469. The van der Waals surface area contributed by atoms with Crippen LogP contribution in [0, 0.1) is 6.92 Å². The standard InChI is InChI=1S/C15H20N2O2S2/c1-12-13(10-16-2)6-4-8-15(12)21(18,19)17(3)11-14-7-5-9-20-14/h4-9,16H,10-11H2,1-3H3. The number of nitrogens with zero attached hydrogens (tertiary/aromatic N) is 1. The monoisotopic (exact) mass is 324 g/mol. The van der Waals surface area contributed by atoms with Gasteiger partial charge in [0.25, 0.3) is 0 Å². The second kappa shape index (κ2) is 6.70. The summed E-state index contributed by atoms with van der Waals surface area (Å²) in [6.45, 7) is 2.91. The summed E-state index contributed by atoms with van der Waals surface area (Å²) < 4.78 is 26.9. The van der Waals surface area contributed by atoms with E-state index in [0.717, 1.165) is 16.0 Å². The van der Waals surface area contributed by atoms with E-state index in [0.29, 0.717) is 18.0 Å². The normalized spacial score (nSPS) is 12.0. The number of sulfonamides is 1. The Morgan fingerprint density at radius 3 is 2.62 bits per heavy atom. The highest BCUT2D eigenvalue weighted by molar-refractivity contribution is 7.89. The lowest BCUT2D eigenvalue weighted by Crippen LogP contribution is -2.27. The molecule has 0 saturated carbocycles. The van der Waals surface area contributed by atoms with Crippen molar-refractivity contribution in [2.24, 2.45) is 0 Å². The topological polar surface area (TPSA) is 49.4 Å². The summed E-state index contributed by atoms with van der Waals surface area (Å²) >= 11 is 1.56. The van der Waals surface area contributed by atoms with Crippen molar-refractivity contribution in [2.45, 2.75) is 24.9 Å². The molecule has 0 unspecified atom stereocenters. The Labute approximate surface area is 130 Å². The average molecular weight is 324 g/mol. The van der Waals surface area contributed by atoms with Gasteiger partial charge in [0.15, 0.2) is 0 Å². The SMILES string of the molecule is CNCc1cccc(S(=O)(=O)N(C)Cc2cccs2)c1C. The summed E-state index contributed by atoms with van der Waals surface area (Å²) in [4.78, 5) is 1.42. The van der Waals surface area contributed by atoms with Gasteiger partial charge in [0.05, 0.1) is 4.90 Å². The summed E-state index contributed by atoms with van der Waals surface area (Å²) in [6, 6.07) is 9.30. The molecule has 0 atom stereocenters. The molecule has 0 fully saturated rings. The van der Waals surface area contributed by atoms with Crippen molar-refractivity contribution in [1.29, 1.82) is 0 Å². The Balaban J connectivity index is 2.33. The minimum absolute atomic E-state index is 0.384.